The van der Waals surface area contributed by atoms with E-state index in [1.807, 2.05) is 24.3 Å². The molecule has 25 heavy (non-hydrogen) atoms. The summed E-state index contributed by atoms with van der Waals surface area (Å²) in [6.45, 7) is 2.94. The highest BCUT2D eigenvalue weighted by Crippen LogP contribution is 2.12. The third kappa shape index (κ3) is 4.54. The molecule has 0 bridgehead atoms. The zero-order chi connectivity index (χ0) is 17.6. The Bertz CT molecular complexity index is 771. The van der Waals surface area contributed by atoms with Gasteiger partial charge in [0.05, 0.1) is 11.9 Å². The van der Waals surface area contributed by atoms with Gasteiger partial charge in [-0.2, -0.15) is 5.10 Å². The van der Waals surface area contributed by atoms with E-state index in [0.717, 1.165) is 19.6 Å². The van der Waals surface area contributed by atoms with Crippen molar-refractivity contribution in [3.63, 3.8) is 0 Å². The molecule has 7 nitrogen and oxygen atoms in total. The molecule has 130 valence electrons. The molecule has 0 fully saturated rings. The van der Waals surface area contributed by atoms with Crippen molar-refractivity contribution in [1.82, 2.24) is 20.0 Å². The molecule has 0 spiro atoms. The number of anilines is 1. The van der Waals surface area contributed by atoms with Gasteiger partial charge in [0.2, 0.25) is 5.91 Å². The normalized spacial score (nSPS) is 13.8. The standard InChI is InChI=1S/C18H21N5O2/c1-19-17(24)13-23-12-16(10-20-23)21-18(25)15-6-4-14(5-7-15)11-22-8-2-3-9-22/h2-7,10,12H,8-9,11,13H2,1H3,(H,19,24)(H,21,25). The third-order valence-corrected chi connectivity index (χ3v) is 3.99. The first-order valence-electron chi connectivity index (χ1n) is 8.15. The minimum Gasteiger partial charge on any atom is -0.358 e. The average molecular weight is 339 g/mol. The lowest BCUT2D eigenvalue weighted by Crippen LogP contribution is -2.23. The average Bonchev–Trinajstić information content (AvgIpc) is 3.27. The second-order valence-corrected chi connectivity index (χ2v) is 5.92. The Hall–Kier alpha value is -2.93. The number of likely N-dealkylation sites (N-methyl/N-ethyl adjacent to an activating group) is 1. The molecule has 1 aromatic heterocycles. The number of hydrogen-bond acceptors (Lipinski definition) is 4. The van der Waals surface area contributed by atoms with E-state index in [0.29, 0.717) is 11.3 Å². The van der Waals surface area contributed by atoms with E-state index in [1.54, 1.807) is 13.2 Å². The van der Waals surface area contributed by atoms with Crippen molar-refractivity contribution in [2.75, 3.05) is 25.5 Å². The predicted molar refractivity (Wildman–Crippen MR) is 95.1 cm³/mol. The van der Waals surface area contributed by atoms with Crippen LogP contribution in [0.1, 0.15) is 15.9 Å². The molecular formula is C18H21N5O2. The molecule has 2 heterocycles. The van der Waals surface area contributed by atoms with Crippen molar-refractivity contribution in [2.45, 2.75) is 13.1 Å². The van der Waals surface area contributed by atoms with E-state index >= 15 is 0 Å². The highest BCUT2D eigenvalue weighted by molar-refractivity contribution is 6.04. The first-order chi connectivity index (χ1) is 12.1. The lowest BCUT2D eigenvalue weighted by atomic mass is 10.1. The number of rotatable bonds is 6. The molecule has 1 aliphatic rings. The Labute approximate surface area is 146 Å². The molecule has 2 amide bonds. The summed E-state index contributed by atoms with van der Waals surface area (Å²) in [5.41, 5.74) is 2.32. The first-order valence-corrected chi connectivity index (χ1v) is 8.15. The number of benzene rings is 1. The Morgan fingerprint density at radius 3 is 2.56 bits per heavy atom. The van der Waals surface area contributed by atoms with Crippen molar-refractivity contribution in [3.05, 3.63) is 59.9 Å². The van der Waals surface area contributed by atoms with Gasteiger partial charge in [-0.05, 0) is 17.7 Å². The topological polar surface area (TPSA) is 79.3 Å². The summed E-state index contributed by atoms with van der Waals surface area (Å²) in [4.78, 5) is 25.9. The molecular weight excluding hydrogens is 318 g/mol. The molecule has 1 aliphatic heterocycles. The van der Waals surface area contributed by atoms with Crippen LogP contribution in [0.15, 0.2) is 48.8 Å². The molecule has 0 atom stereocenters. The Morgan fingerprint density at radius 2 is 1.88 bits per heavy atom. The summed E-state index contributed by atoms with van der Waals surface area (Å²) >= 11 is 0. The fourth-order valence-electron chi connectivity index (χ4n) is 2.61. The van der Waals surface area contributed by atoms with Crippen LogP contribution in [0.5, 0.6) is 0 Å². The Kier molecular flexibility index (Phi) is 5.25. The highest BCUT2D eigenvalue weighted by Gasteiger charge is 2.10. The van der Waals surface area contributed by atoms with Crippen molar-refractivity contribution in [2.24, 2.45) is 0 Å². The number of carbonyl (C=O) groups is 2. The molecule has 0 radical (unpaired) electrons. The quantitative estimate of drug-likeness (QED) is 0.777. The van der Waals surface area contributed by atoms with E-state index < -0.39 is 0 Å². The Morgan fingerprint density at radius 1 is 1.16 bits per heavy atom. The minimum atomic E-state index is -0.200. The van der Waals surface area contributed by atoms with Gasteiger partial charge in [-0.1, -0.05) is 24.3 Å². The van der Waals surface area contributed by atoms with Gasteiger partial charge < -0.3 is 10.6 Å². The van der Waals surface area contributed by atoms with Gasteiger partial charge in [-0.25, -0.2) is 0 Å². The van der Waals surface area contributed by atoms with Crippen LogP contribution < -0.4 is 10.6 Å². The molecule has 2 aromatic rings. The molecule has 2 N–H and O–H groups in total. The van der Waals surface area contributed by atoms with Crippen LogP contribution in [-0.4, -0.2) is 46.6 Å². The second-order valence-electron chi connectivity index (χ2n) is 5.92. The zero-order valence-corrected chi connectivity index (χ0v) is 14.1. The smallest absolute Gasteiger partial charge is 0.255 e. The number of amides is 2. The summed E-state index contributed by atoms with van der Waals surface area (Å²) in [5, 5.41) is 9.37. The molecule has 7 heteroatoms. The molecule has 3 rings (SSSR count). The molecule has 0 saturated heterocycles. The maximum atomic E-state index is 12.3. The first kappa shape index (κ1) is 16.9. The number of aromatic nitrogens is 2. The summed E-state index contributed by atoms with van der Waals surface area (Å²) in [5.74, 6) is -0.348. The third-order valence-electron chi connectivity index (χ3n) is 3.99. The van der Waals surface area contributed by atoms with E-state index in [2.05, 4.69) is 32.8 Å². The van der Waals surface area contributed by atoms with Crippen LogP contribution >= 0.6 is 0 Å². The predicted octanol–water partition coefficient (Wildman–Crippen LogP) is 1.25. The molecule has 0 saturated carbocycles. The zero-order valence-electron chi connectivity index (χ0n) is 14.1. The van der Waals surface area contributed by atoms with Crippen molar-refractivity contribution in [1.29, 1.82) is 0 Å². The number of nitrogens with zero attached hydrogens (tertiary/aromatic N) is 3. The number of hydrogen-bond donors (Lipinski definition) is 2. The summed E-state index contributed by atoms with van der Waals surface area (Å²) in [7, 11) is 1.57. The van der Waals surface area contributed by atoms with E-state index in [4.69, 9.17) is 0 Å². The SMILES string of the molecule is CNC(=O)Cn1cc(NC(=O)c2ccc(CN3CC=CC3)cc2)cn1. The minimum absolute atomic E-state index is 0.117. The van der Waals surface area contributed by atoms with Crippen molar-refractivity contribution < 1.29 is 9.59 Å². The molecule has 1 aromatic carbocycles. The molecule has 0 aliphatic carbocycles. The lowest BCUT2D eigenvalue weighted by molar-refractivity contribution is -0.121. The van der Waals surface area contributed by atoms with Gasteiger partial charge in [-0.3, -0.25) is 19.2 Å². The molecule has 0 unspecified atom stereocenters. The fourth-order valence-corrected chi connectivity index (χ4v) is 2.61. The summed E-state index contributed by atoms with van der Waals surface area (Å²) in [6.07, 6.45) is 7.47. The van der Waals surface area contributed by atoms with Gasteiger partial charge in [-0.15, -0.1) is 0 Å². The van der Waals surface area contributed by atoms with Crippen LogP contribution in [0.4, 0.5) is 5.69 Å². The van der Waals surface area contributed by atoms with Crippen LogP contribution in [0.25, 0.3) is 0 Å². The maximum absolute atomic E-state index is 12.3. The summed E-state index contributed by atoms with van der Waals surface area (Å²) in [6, 6.07) is 7.59. The summed E-state index contributed by atoms with van der Waals surface area (Å²) < 4.78 is 1.47. The number of carbonyl (C=O) groups excluding carboxylic acids is 2. The van der Waals surface area contributed by atoms with Crippen molar-refractivity contribution in [3.8, 4) is 0 Å². The van der Waals surface area contributed by atoms with Crippen LogP contribution in [0.2, 0.25) is 0 Å². The van der Waals surface area contributed by atoms with Crippen molar-refractivity contribution >= 4 is 17.5 Å². The lowest BCUT2D eigenvalue weighted by Gasteiger charge is -2.14. The highest BCUT2D eigenvalue weighted by atomic mass is 16.2. The van der Waals surface area contributed by atoms with Crippen LogP contribution in [0, 0.1) is 0 Å². The number of nitrogens with one attached hydrogen (secondary N) is 2. The Balaban J connectivity index is 1.56. The largest absolute Gasteiger partial charge is 0.358 e. The fraction of sp³-hybridized carbons (Fsp3) is 0.278. The monoisotopic (exact) mass is 339 g/mol. The van der Waals surface area contributed by atoms with Gasteiger partial charge in [0.15, 0.2) is 0 Å². The second kappa shape index (κ2) is 7.76. The van der Waals surface area contributed by atoms with Gasteiger partial charge in [0.25, 0.3) is 5.91 Å². The van der Waals surface area contributed by atoms with Gasteiger partial charge in [0, 0.05) is 38.4 Å². The maximum Gasteiger partial charge on any atom is 0.255 e. The van der Waals surface area contributed by atoms with E-state index in [-0.39, 0.29) is 18.4 Å². The van der Waals surface area contributed by atoms with Crippen LogP contribution in [-0.2, 0) is 17.9 Å². The van der Waals surface area contributed by atoms with Gasteiger partial charge in [0.1, 0.15) is 6.54 Å². The van der Waals surface area contributed by atoms with E-state index in [1.165, 1.54) is 16.4 Å². The van der Waals surface area contributed by atoms with E-state index in [9.17, 15) is 9.59 Å². The van der Waals surface area contributed by atoms with Gasteiger partial charge >= 0.3 is 0 Å². The van der Waals surface area contributed by atoms with Crippen LogP contribution in [0.3, 0.4) is 0 Å².